The Kier molecular flexibility index (Phi) is 5.43. The summed E-state index contributed by atoms with van der Waals surface area (Å²) in [7, 11) is 0. The van der Waals surface area contributed by atoms with Crippen LogP contribution in [0.1, 0.15) is 23.1 Å². The first kappa shape index (κ1) is 21.4. The predicted octanol–water partition coefficient (Wildman–Crippen LogP) is 5.33. The third-order valence-electron chi connectivity index (χ3n) is 6.82. The topological polar surface area (TPSA) is 74.4 Å². The van der Waals surface area contributed by atoms with E-state index < -0.39 is 0 Å². The Labute approximate surface area is 203 Å². The normalized spacial score (nSPS) is 14.5. The maximum absolute atomic E-state index is 10.9. The van der Waals surface area contributed by atoms with Gasteiger partial charge in [-0.3, -0.25) is 4.90 Å². The van der Waals surface area contributed by atoms with Crippen molar-refractivity contribution in [3.63, 3.8) is 0 Å². The molecule has 35 heavy (non-hydrogen) atoms. The molecule has 1 aliphatic rings. The van der Waals surface area contributed by atoms with Gasteiger partial charge in [0.1, 0.15) is 5.52 Å². The molecule has 0 bridgehead atoms. The number of phenolic OH excluding ortho intramolecular Hbond substituents is 2. The van der Waals surface area contributed by atoms with E-state index in [2.05, 4.69) is 75.9 Å². The van der Waals surface area contributed by atoms with Crippen molar-refractivity contribution in [2.75, 3.05) is 13.1 Å². The summed E-state index contributed by atoms with van der Waals surface area (Å²) in [5, 5.41) is 31.1. The van der Waals surface area contributed by atoms with E-state index in [1.165, 1.54) is 16.7 Å². The Morgan fingerprint density at radius 2 is 1.43 bits per heavy atom. The minimum Gasteiger partial charge on any atom is -0.505 e. The number of nitrogens with zero attached hydrogens (tertiary/aromatic N) is 4. The van der Waals surface area contributed by atoms with Crippen molar-refractivity contribution in [2.24, 2.45) is 0 Å². The van der Waals surface area contributed by atoms with Gasteiger partial charge in [0.15, 0.2) is 17.0 Å². The van der Waals surface area contributed by atoms with Gasteiger partial charge in [0.25, 0.3) is 0 Å². The van der Waals surface area contributed by atoms with Crippen LogP contribution in [0.5, 0.6) is 11.5 Å². The molecular formula is C29H26N4O2. The number of aromatic nitrogens is 3. The van der Waals surface area contributed by atoms with E-state index in [0.717, 1.165) is 31.6 Å². The summed E-state index contributed by atoms with van der Waals surface area (Å²) in [5.74, 6) is 0.128. The van der Waals surface area contributed by atoms with Gasteiger partial charge in [-0.15, -0.1) is 5.10 Å². The molecule has 0 spiro atoms. The average molecular weight is 463 g/mol. The predicted molar refractivity (Wildman–Crippen MR) is 138 cm³/mol. The largest absolute Gasteiger partial charge is 0.505 e. The number of fused-ring (bicyclic) bond motifs is 2. The maximum Gasteiger partial charge on any atom is 0.159 e. The summed E-state index contributed by atoms with van der Waals surface area (Å²) in [6.45, 7) is 3.43. The zero-order chi connectivity index (χ0) is 23.8. The second kappa shape index (κ2) is 8.89. The third kappa shape index (κ3) is 4.02. The fourth-order valence-corrected chi connectivity index (χ4v) is 4.92. The molecule has 6 rings (SSSR count). The van der Waals surface area contributed by atoms with Gasteiger partial charge in [0, 0.05) is 30.4 Å². The first-order valence-corrected chi connectivity index (χ1v) is 11.9. The Morgan fingerprint density at radius 1 is 0.743 bits per heavy atom. The molecule has 5 aromatic rings. The Balaban J connectivity index is 1.20. The van der Waals surface area contributed by atoms with Crippen LogP contribution in [-0.4, -0.2) is 43.2 Å². The lowest BCUT2D eigenvalue weighted by molar-refractivity contribution is 0.294. The van der Waals surface area contributed by atoms with E-state index in [9.17, 15) is 10.2 Å². The highest BCUT2D eigenvalue weighted by Gasteiger charge is 2.19. The third-order valence-corrected chi connectivity index (χ3v) is 6.82. The quantitative estimate of drug-likeness (QED) is 0.345. The zero-order valence-electron chi connectivity index (χ0n) is 19.3. The van der Waals surface area contributed by atoms with E-state index in [1.807, 2.05) is 12.1 Å². The van der Waals surface area contributed by atoms with Crippen molar-refractivity contribution in [3.8, 4) is 11.5 Å². The monoisotopic (exact) mass is 462 g/mol. The molecule has 0 radical (unpaired) electrons. The van der Waals surface area contributed by atoms with Crippen molar-refractivity contribution in [3.05, 3.63) is 102 Å². The lowest BCUT2D eigenvalue weighted by atomic mass is 9.98. The second-order valence-electron chi connectivity index (χ2n) is 9.08. The molecule has 0 amide bonds. The van der Waals surface area contributed by atoms with Gasteiger partial charge in [-0.05, 0) is 28.7 Å². The van der Waals surface area contributed by atoms with Gasteiger partial charge < -0.3 is 10.2 Å². The summed E-state index contributed by atoms with van der Waals surface area (Å²) >= 11 is 0. The standard InChI is InChI=1S/C29H26N4O2/c34-28-24-8-4-5-9-25(24)29(35)27-26(28)30-31-33(27)19-21-10-12-22(13-11-21)23-14-16-32(17-15-23)18-20-6-2-1-3-7-20/h1-14,34-35H,15-19H2. The highest BCUT2D eigenvalue weighted by Crippen LogP contribution is 2.40. The van der Waals surface area contributed by atoms with Crippen LogP contribution in [0.25, 0.3) is 27.4 Å². The SMILES string of the molecule is Oc1c2ccccc2c(O)c2c1nnn2Cc1ccc(C2=CCN(Cc3ccccc3)CC2)cc1. The molecule has 0 saturated heterocycles. The second-order valence-corrected chi connectivity index (χ2v) is 9.08. The Bertz CT molecular complexity index is 1540. The van der Waals surface area contributed by atoms with Gasteiger partial charge in [-0.25, -0.2) is 4.68 Å². The summed E-state index contributed by atoms with van der Waals surface area (Å²) in [5.41, 5.74) is 5.77. The van der Waals surface area contributed by atoms with Gasteiger partial charge in [0.05, 0.1) is 6.54 Å². The van der Waals surface area contributed by atoms with Crippen molar-refractivity contribution in [1.82, 2.24) is 19.9 Å². The first-order valence-electron chi connectivity index (χ1n) is 11.9. The highest BCUT2D eigenvalue weighted by molar-refractivity contribution is 6.07. The summed E-state index contributed by atoms with van der Waals surface area (Å²) < 4.78 is 1.65. The zero-order valence-corrected chi connectivity index (χ0v) is 19.3. The summed E-state index contributed by atoms with van der Waals surface area (Å²) in [6, 6.07) is 26.3. The van der Waals surface area contributed by atoms with Gasteiger partial charge >= 0.3 is 0 Å². The van der Waals surface area contributed by atoms with E-state index in [0.29, 0.717) is 28.4 Å². The molecule has 0 aliphatic carbocycles. The molecule has 1 aromatic heterocycles. The van der Waals surface area contributed by atoms with Crippen molar-refractivity contribution in [1.29, 1.82) is 0 Å². The molecule has 0 fully saturated rings. The average Bonchev–Trinajstić information content (AvgIpc) is 3.33. The van der Waals surface area contributed by atoms with Crippen LogP contribution in [0.2, 0.25) is 0 Å². The molecule has 0 unspecified atom stereocenters. The molecular weight excluding hydrogens is 436 g/mol. The van der Waals surface area contributed by atoms with Crippen LogP contribution < -0.4 is 0 Å². The Morgan fingerprint density at radius 3 is 2.14 bits per heavy atom. The van der Waals surface area contributed by atoms with E-state index in [1.54, 1.807) is 16.8 Å². The molecule has 6 nitrogen and oxygen atoms in total. The lowest BCUT2D eigenvalue weighted by Crippen LogP contribution is -2.27. The van der Waals surface area contributed by atoms with Crippen LogP contribution in [0.15, 0.2) is 84.9 Å². The van der Waals surface area contributed by atoms with Gasteiger partial charge in [-0.1, -0.05) is 90.2 Å². The summed E-state index contributed by atoms with van der Waals surface area (Å²) in [6.07, 6.45) is 3.36. The van der Waals surface area contributed by atoms with Crippen LogP contribution >= 0.6 is 0 Å². The number of hydrogen-bond acceptors (Lipinski definition) is 5. The van der Waals surface area contributed by atoms with Crippen LogP contribution in [0.4, 0.5) is 0 Å². The minimum atomic E-state index is 0.0422. The van der Waals surface area contributed by atoms with Crippen molar-refractivity contribution >= 4 is 27.4 Å². The van der Waals surface area contributed by atoms with E-state index >= 15 is 0 Å². The number of phenols is 2. The van der Waals surface area contributed by atoms with E-state index in [4.69, 9.17) is 0 Å². The Hall–Kier alpha value is -4.16. The molecule has 0 atom stereocenters. The number of hydrogen-bond donors (Lipinski definition) is 2. The molecule has 1 aliphatic heterocycles. The molecule has 2 heterocycles. The number of rotatable bonds is 5. The highest BCUT2D eigenvalue weighted by atomic mass is 16.3. The number of benzene rings is 4. The number of aromatic hydroxyl groups is 2. The molecule has 2 N–H and O–H groups in total. The molecule has 4 aromatic carbocycles. The van der Waals surface area contributed by atoms with Crippen molar-refractivity contribution < 1.29 is 10.2 Å². The smallest absolute Gasteiger partial charge is 0.159 e. The lowest BCUT2D eigenvalue weighted by Gasteiger charge is -2.26. The van der Waals surface area contributed by atoms with Gasteiger partial charge in [-0.2, -0.15) is 0 Å². The van der Waals surface area contributed by atoms with Crippen LogP contribution in [-0.2, 0) is 13.1 Å². The molecule has 6 heteroatoms. The fraction of sp³-hybridized carbons (Fsp3) is 0.172. The minimum absolute atomic E-state index is 0.0422. The van der Waals surface area contributed by atoms with E-state index in [-0.39, 0.29) is 11.5 Å². The first-order chi connectivity index (χ1) is 17.2. The van der Waals surface area contributed by atoms with Crippen LogP contribution in [0, 0.1) is 0 Å². The molecule has 174 valence electrons. The fourth-order valence-electron chi connectivity index (χ4n) is 4.92. The van der Waals surface area contributed by atoms with Crippen molar-refractivity contribution in [2.45, 2.75) is 19.5 Å². The van der Waals surface area contributed by atoms with Crippen LogP contribution in [0.3, 0.4) is 0 Å². The molecule has 0 saturated carbocycles. The maximum atomic E-state index is 10.9. The van der Waals surface area contributed by atoms with Gasteiger partial charge in [0.2, 0.25) is 0 Å². The summed E-state index contributed by atoms with van der Waals surface area (Å²) in [4.78, 5) is 2.47.